The first-order chi connectivity index (χ1) is 8.99. The van der Waals surface area contributed by atoms with Crippen molar-refractivity contribution in [2.45, 2.75) is 13.0 Å². The molecule has 2 heterocycles. The number of carboxylic acid groups (broad SMARTS) is 2. The number of aliphatic carboxylic acids is 2. The summed E-state index contributed by atoms with van der Waals surface area (Å²) < 4.78 is 0. The van der Waals surface area contributed by atoms with Crippen molar-refractivity contribution in [3.8, 4) is 0 Å². The quantitative estimate of drug-likeness (QED) is 0.678. The van der Waals surface area contributed by atoms with E-state index in [1.54, 1.807) is 0 Å². The van der Waals surface area contributed by atoms with Crippen LogP contribution in [0, 0.1) is 0 Å². The second-order valence-corrected chi connectivity index (χ2v) is 3.96. The maximum Gasteiger partial charge on any atom is 0.328 e. The zero-order valence-corrected chi connectivity index (χ0v) is 10.6. The van der Waals surface area contributed by atoms with E-state index in [0.717, 1.165) is 25.2 Å². The van der Waals surface area contributed by atoms with Gasteiger partial charge in [0, 0.05) is 31.7 Å². The van der Waals surface area contributed by atoms with Crippen molar-refractivity contribution in [3.63, 3.8) is 0 Å². The van der Waals surface area contributed by atoms with Crippen molar-refractivity contribution in [1.82, 2.24) is 15.5 Å². The summed E-state index contributed by atoms with van der Waals surface area (Å²) in [5.41, 5.74) is 2.25. The molecule has 19 heavy (non-hydrogen) atoms. The molecule has 1 aromatic heterocycles. The molecule has 1 aromatic rings. The standard InChI is InChI=1S/C7H8ClN3.C4H4O4/c8-7-3-5-4-9-2-1-6(5)10-11-7;5-3(6)1-2-4(7)8/h3,9H,1-2,4H2;1-2H,(H,5,6)(H,7,8)/b;2-1-. The van der Waals surface area contributed by atoms with Gasteiger partial charge in [0.2, 0.25) is 0 Å². The van der Waals surface area contributed by atoms with Crippen molar-refractivity contribution in [1.29, 1.82) is 0 Å². The zero-order chi connectivity index (χ0) is 14.3. The molecule has 0 amide bonds. The molecule has 0 unspecified atom stereocenters. The smallest absolute Gasteiger partial charge is 0.328 e. The van der Waals surface area contributed by atoms with Crippen molar-refractivity contribution < 1.29 is 19.8 Å². The number of carbonyl (C=O) groups is 2. The third kappa shape index (κ3) is 5.94. The lowest BCUT2D eigenvalue weighted by Crippen LogP contribution is -2.24. The molecule has 0 spiro atoms. The molecule has 1 aliphatic heterocycles. The average molecular weight is 286 g/mol. The van der Waals surface area contributed by atoms with Crippen LogP contribution in [0.25, 0.3) is 0 Å². The Kier molecular flexibility index (Phi) is 5.91. The maximum absolute atomic E-state index is 9.55. The van der Waals surface area contributed by atoms with E-state index in [1.807, 2.05) is 6.07 Å². The highest BCUT2D eigenvalue weighted by Gasteiger charge is 2.10. The monoisotopic (exact) mass is 285 g/mol. The molecule has 2 rings (SSSR count). The zero-order valence-electron chi connectivity index (χ0n) is 9.84. The SMILES string of the molecule is Clc1cc2c(nn1)CCNC2.O=C(O)/C=C\C(=O)O. The van der Waals surface area contributed by atoms with Gasteiger partial charge in [0.05, 0.1) is 5.69 Å². The number of fused-ring (bicyclic) bond motifs is 1. The number of nitrogens with zero attached hydrogens (tertiary/aromatic N) is 2. The molecule has 8 heteroatoms. The van der Waals surface area contributed by atoms with E-state index >= 15 is 0 Å². The lowest BCUT2D eigenvalue weighted by atomic mass is 10.1. The predicted octanol–water partition coefficient (Wildman–Crippen LogP) is 0.487. The summed E-state index contributed by atoms with van der Waals surface area (Å²) in [6, 6.07) is 1.87. The highest BCUT2D eigenvalue weighted by molar-refractivity contribution is 6.29. The van der Waals surface area contributed by atoms with Crippen molar-refractivity contribution in [3.05, 3.63) is 34.6 Å². The van der Waals surface area contributed by atoms with Crippen LogP contribution in [-0.2, 0) is 22.6 Å². The fraction of sp³-hybridized carbons (Fsp3) is 0.273. The molecule has 1 aliphatic rings. The van der Waals surface area contributed by atoms with Gasteiger partial charge in [0.25, 0.3) is 0 Å². The van der Waals surface area contributed by atoms with Crippen LogP contribution in [0.15, 0.2) is 18.2 Å². The van der Waals surface area contributed by atoms with Gasteiger partial charge < -0.3 is 15.5 Å². The molecule has 0 aromatic carbocycles. The Hall–Kier alpha value is -1.99. The number of nitrogens with one attached hydrogen (secondary N) is 1. The Balaban J connectivity index is 0.000000203. The summed E-state index contributed by atoms with van der Waals surface area (Å²) in [5, 5.41) is 27.1. The highest BCUT2D eigenvalue weighted by atomic mass is 35.5. The summed E-state index contributed by atoms with van der Waals surface area (Å²) >= 11 is 5.68. The minimum Gasteiger partial charge on any atom is -0.478 e. The van der Waals surface area contributed by atoms with Gasteiger partial charge in [-0.05, 0) is 11.6 Å². The highest BCUT2D eigenvalue weighted by Crippen LogP contribution is 2.13. The minimum absolute atomic E-state index is 0.479. The van der Waals surface area contributed by atoms with Gasteiger partial charge >= 0.3 is 11.9 Å². The van der Waals surface area contributed by atoms with Crippen LogP contribution in [0.1, 0.15) is 11.3 Å². The lowest BCUT2D eigenvalue weighted by Gasteiger charge is -2.14. The van der Waals surface area contributed by atoms with E-state index in [-0.39, 0.29) is 0 Å². The van der Waals surface area contributed by atoms with Crippen LogP contribution in [0.2, 0.25) is 5.15 Å². The number of hydrogen-bond donors (Lipinski definition) is 3. The van der Waals surface area contributed by atoms with Crippen LogP contribution in [0.5, 0.6) is 0 Å². The first-order valence-corrected chi connectivity index (χ1v) is 5.72. The third-order valence-electron chi connectivity index (χ3n) is 2.15. The number of hydrogen-bond acceptors (Lipinski definition) is 5. The number of carboxylic acids is 2. The van der Waals surface area contributed by atoms with Gasteiger partial charge in [-0.15, -0.1) is 5.10 Å². The van der Waals surface area contributed by atoms with Crippen molar-refractivity contribution >= 4 is 23.5 Å². The van der Waals surface area contributed by atoms with Crippen molar-refractivity contribution in [2.75, 3.05) is 6.54 Å². The molecule has 7 nitrogen and oxygen atoms in total. The number of aromatic nitrogens is 2. The Labute approximate surface area is 113 Å². The first kappa shape index (κ1) is 15.1. The normalized spacial score (nSPS) is 13.3. The summed E-state index contributed by atoms with van der Waals surface area (Å²) in [4.78, 5) is 19.1. The Morgan fingerprint density at radius 3 is 2.47 bits per heavy atom. The summed E-state index contributed by atoms with van der Waals surface area (Å²) in [5.74, 6) is -2.51. The topological polar surface area (TPSA) is 112 Å². The van der Waals surface area contributed by atoms with Gasteiger partial charge in [0.1, 0.15) is 0 Å². The van der Waals surface area contributed by atoms with Crippen LogP contribution in [0.4, 0.5) is 0 Å². The lowest BCUT2D eigenvalue weighted by molar-refractivity contribution is -0.134. The molecule has 0 bridgehead atoms. The second-order valence-electron chi connectivity index (χ2n) is 3.58. The molecule has 0 radical (unpaired) electrons. The van der Waals surface area contributed by atoms with Crippen LogP contribution in [0.3, 0.4) is 0 Å². The molecule has 0 saturated carbocycles. The maximum atomic E-state index is 9.55. The average Bonchev–Trinajstić information content (AvgIpc) is 2.37. The molecular weight excluding hydrogens is 274 g/mol. The van der Waals surface area contributed by atoms with Gasteiger partial charge in [-0.2, -0.15) is 5.10 Å². The largest absolute Gasteiger partial charge is 0.478 e. The summed E-state index contributed by atoms with van der Waals surface area (Å²) in [6.07, 6.45) is 2.07. The van der Waals surface area contributed by atoms with E-state index in [1.165, 1.54) is 5.56 Å². The van der Waals surface area contributed by atoms with Gasteiger partial charge in [0.15, 0.2) is 5.15 Å². The molecule has 0 aliphatic carbocycles. The van der Waals surface area contributed by atoms with E-state index < -0.39 is 11.9 Å². The molecule has 102 valence electrons. The van der Waals surface area contributed by atoms with E-state index in [0.29, 0.717) is 17.3 Å². The fourth-order valence-electron chi connectivity index (χ4n) is 1.36. The number of rotatable bonds is 2. The summed E-state index contributed by atoms with van der Waals surface area (Å²) in [6.45, 7) is 1.86. The van der Waals surface area contributed by atoms with Crippen LogP contribution >= 0.6 is 11.6 Å². The summed E-state index contributed by atoms with van der Waals surface area (Å²) in [7, 11) is 0. The first-order valence-electron chi connectivity index (χ1n) is 5.34. The Morgan fingerprint density at radius 1 is 1.26 bits per heavy atom. The Bertz CT molecular complexity index is 489. The molecule has 0 atom stereocenters. The van der Waals surface area contributed by atoms with E-state index in [9.17, 15) is 9.59 Å². The molecule has 3 N–H and O–H groups in total. The predicted molar refractivity (Wildman–Crippen MR) is 66.9 cm³/mol. The fourth-order valence-corrected chi connectivity index (χ4v) is 1.53. The van der Waals surface area contributed by atoms with E-state index in [2.05, 4.69) is 15.5 Å². The molecular formula is C11H12ClN3O4. The van der Waals surface area contributed by atoms with Crippen LogP contribution < -0.4 is 5.32 Å². The molecule has 0 fully saturated rings. The van der Waals surface area contributed by atoms with Crippen molar-refractivity contribution in [2.24, 2.45) is 0 Å². The van der Waals surface area contributed by atoms with Gasteiger partial charge in [-0.25, -0.2) is 9.59 Å². The van der Waals surface area contributed by atoms with E-state index in [4.69, 9.17) is 21.8 Å². The Morgan fingerprint density at radius 2 is 1.89 bits per heavy atom. The third-order valence-corrected chi connectivity index (χ3v) is 2.34. The van der Waals surface area contributed by atoms with Gasteiger partial charge in [-0.3, -0.25) is 0 Å². The van der Waals surface area contributed by atoms with Crippen LogP contribution in [-0.4, -0.2) is 38.9 Å². The number of halogens is 1. The second kappa shape index (κ2) is 7.45. The molecule has 0 saturated heterocycles. The van der Waals surface area contributed by atoms with Gasteiger partial charge in [-0.1, -0.05) is 11.6 Å². The minimum atomic E-state index is -1.26.